The third-order valence-electron chi connectivity index (χ3n) is 4.74. The Bertz CT molecular complexity index is 809. The quantitative estimate of drug-likeness (QED) is 0.553. The SMILES string of the molecule is CN=C(NCc1ccccc1N1CCOCC1)NCC(C)Oc1ccccc1F. The molecule has 1 saturated heterocycles. The number of ether oxygens (including phenoxy) is 2. The zero-order valence-corrected chi connectivity index (χ0v) is 17.0. The van der Waals surface area contributed by atoms with Gasteiger partial charge in [-0.25, -0.2) is 4.39 Å². The molecule has 2 aromatic carbocycles. The van der Waals surface area contributed by atoms with Crippen molar-refractivity contribution in [2.24, 2.45) is 4.99 Å². The molecular formula is C22H29FN4O2. The number of morpholine rings is 1. The Hall–Kier alpha value is -2.80. The fourth-order valence-electron chi connectivity index (χ4n) is 3.21. The van der Waals surface area contributed by atoms with Gasteiger partial charge in [0.15, 0.2) is 17.5 Å². The Morgan fingerprint density at radius 3 is 2.62 bits per heavy atom. The molecule has 0 bridgehead atoms. The van der Waals surface area contributed by atoms with E-state index in [0.29, 0.717) is 19.0 Å². The maximum Gasteiger partial charge on any atom is 0.191 e. The van der Waals surface area contributed by atoms with Crippen LogP contribution in [0.2, 0.25) is 0 Å². The Labute approximate surface area is 171 Å². The number of aliphatic imine (C=N–C) groups is 1. The van der Waals surface area contributed by atoms with Gasteiger partial charge in [-0.3, -0.25) is 4.99 Å². The summed E-state index contributed by atoms with van der Waals surface area (Å²) in [5.41, 5.74) is 2.42. The van der Waals surface area contributed by atoms with Gasteiger partial charge in [-0.2, -0.15) is 0 Å². The summed E-state index contributed by atoms with van der Waals surface area (Å²) >= 11 is 0. The first-order valence-corrected chi connectivity index (χ1v) is 9.93. The van der Waals surface area contributed by atoms with Gasteiger partial charge in [0.1, 0.15) is 6.10 Å². The van der Waals surface area contributed by atoms with Crippen molar-refractivity contribution in [2.75, 3.05) is 44.8 Å². The molecule has 7 heteroatoms. The van der Waals surface area contributed by atoms with Crippen LogP contribution in [0.25, 0.3) is 0 Å². The molecule has 1 heterocycles. The Morgan fingerprint density at radius 2 is 1.86 bits per heavy atom. The van der Waals surface area contributed by atoms with Crippen molar-refractivity contribution in [3.63, 3.8) is 0 Å². The molecule has 29 heavy (non-hydrogen) atoms. The van der Waals surface area contributed by atoms with Crippen molar-refractivity contribution in [1.82, 2.24) is 10.6 Å². The lowest BCUT2D eigenvalue weighted by Crippen LogP contribution is -2.42. The van der Waals surface area contributed by atoms with E-state index >= 15 is 0 Å². The Balaban J connectivity index is 1.51. The summed E-state index contributed by atoms with van der Waals surface area (Å²) in [4.78, 5) is 6.62. The van der Waals surface area contributed by atoms with Crippen LogP contribution < -0.4 is 20.3 Å². The Kier molecular flexibility index (Phi) is 7.69. The molecular weight excluding hydrogens is 371 g/mol. The lowest BCUT2D eigenvalue weighted by molar-refractivity contribution is 0.122. The van der Waals surface area contributed by atoms with Crippen LogP contribution in [0.3, 0.4) is 0 Å². The highest BCUT2D eigenvalue weighted by molar-refractivity contribution is 5.79. The number of rotatable bonds is 7. The fraction of sp³-hybridized carbons (Fsp3) is 0.409. The number of para-hydroxylation sites is 2. The van der Waals surface area contributed by atoms with E-state index in [2.05, 4.69) is 38.7 Å². The third-order valence-corrected chi connectivity index (χ3v) is 4.74. The average molecular weight is 400 g/mol. The summed E-state index contributed by atoms with van der Waals surface area (Å²) in [6.07, 6.45) is -0.217. The number of benzene rings is 2. The maximum absolute atomic E-state index is 13.7. The van der Waals surface area contributed by atoms with Gasteiger partial charge in [0.05, 0.1) is 19.8 Å². The van der Waals surface area contributed by atoms with E-state index in [1.165, 1.54) is 17.3 Å². The van der Waals surface area contributed by atoms with Crippen LogP contribution >= 0.6 is 0 Å². The van der Waals surface area contributed by atoms with Crippen LogP contribution in [0.4, 0.5) is 10.1 Å². The summed E-state index contributed by atoms with van der Waals surface area (Å²) in [7, 11) is 1.73. The molecule has 0 amide bonds. The highest BCUT2D eigenvalue weighted by Crippen LogP contribution is 2.21. The average Bonchev–Trinajstić information content (AvgIpc) is 2.76. The van der Waals surface area contributed by atoms with Crippen molar-refractivity contribution < 1.29 is 13.9 Å². The molecule has 0 saturated carbocycles. The minimum absolute atomic E-state index is 0.217. The minimum Gasteiger partial charge on any atom is -0.486 e. The van der Waals surface area contributed by atoms with E-state index < -0.39 is 0 Å². The first-order valence-electron chi connectivity index (χ1n) is 9.93. The zero-order valence-electron chi connectivity index (χ0n) is 17.0. The lowest BCUT2D eigenvalue weighted by Gasteiger charge is -2.30. The summed E-state index contributed by atoms with van der Waals surface area (Å²) in [6, 6.07) is 14.8. The van der Waals surface area contributed by atoms with Crippen LogP contribution in [0.15, 0.2) is 53.5 Å². The predicted molar refractivity (Wildman–Crippen MR) is 114 cm³/mol. The first-order chi connectivity index (χ1) is 14.2. The van der Waals surface area contributed by atoms with Gasteiger partial charge < -0.3 is 25.0 Å². The molecule has 2 N–H and O–H groups in total. The van der Waals surface area contributed by atoms with Gasteiger partial charge in [0.2, 0.25) is 0 Å². The normalized spacial score (nSPS) is 15.7. The number of halogens is 1. The smallest absolute Gasteiger partial charge is 0.191 e. The van der Waals surface area contributed by atoms with Crippen LogP contribution in [0.5, 0.6) is 5.75 Å². The fourth-order valence-corrected chi connectivity index (χ4v) is 3.21. The molecule has 1 unspecified atom stereocenters. The summed E-state index contributed by atoms with van der Waals surface area (Å²) in [6.45, 7) is 6.34. The van der Waals surface area contributed by atoms with Gasteiger partial charge in [-0.15, -0.1) is 0 Å². The van der Waals surface area contributed by atoms with E-state index in [1.807, 2.05) is 13.0 Å². The number of nitrogens with zero attached hydrogens (tertiary/aromatic N) is 2. The standard InChI is InChI=1S/C22H29FN4O2/c1-17(29-21-10-6-4-8-19(21)23)15-25-22(24-2)26-16-18-7-3-5-9-20(18)27-11-13-28-14-12-27/h3-10,17H,11-16H2,1-2H3,(H2,24,25,26). The van der Waals surface area contributed by atoms with E-state index in [9.17, 15) is 4.39 Å². The number of anilines is 1. The van der Waals surface area contributed by atoms with Gasteiger partial charge in [-0.05, 0) is 30.7 Å². The topological polar surface area (TPSA) is 58.1 Å². The molecule has 0 aliphatic carbocycles. The van der Waals surface area contributed by atoms with Crippen LogP contribution in [-0.2, 0) is 11.3 Å². The number of hydrogen-bond donors (Lipinski definition) is 2. The van der Waals surface area contributed by atoms with E-state index in [-0.39, 0.29) is 17.7 Å². The second-order valence-corrected chi connectivity index (χ2v) is 6.89. The van der Waals surface area contributed by atoms with E-state index in [4.69, 9.17) is 9.47 Å². The molecule has 0 spiro atoms. The highest BCUT2D eigenvalue weighted by Gasteiger charge is 2.15. The van der Waals surface area contributed by atoms with Crippen molar-refractivity contribution in [2.45, 2.75) is 19.6 Å². The summed E-state index contributed by atoms with van der Waals surface area (Å²) in [5.74, 6) is 0.566. The van der Waals surface area contributed by atoms with Crippen molar-refractivity contribution in [3.8, 4) is 5.75 Å². The molecule has 0 radical (unpaired) electrons. The largest absolute Gasteiger partial charge is 0.486 e. The molecule has 156 valence electrons. The van der Waals surface area contributed by atoms with Gasteiger partial charge >= 0.3 is 0 Å². The second kappa shape index (κ2) is 10.7. The number of nitrogens with one attached hydrogen (secondary N) is 2. The van der Waals surface area contributed by atoms with Crippen LogP contribution in [-0.4, -0.2) is 52.0 Å². The second-order valence-electron chi connectivity index (χ2n) is 6.89. The molecule has 2 aromatic rings. The van der Waals surface area contributed by atoms with Gasteiger partial charge in [0.25, 0.3) is 0 Å². The molecule has 1 atom stereocenters. The molecule has 0 aromatic heterocycles. The lowest BCUT2D eigenvalue weighted by atomic mass is 10.1. The molecule has 1 aliphatic rings. The molecule has 3 rings (SSSR count). The first kappa shape index (κ1) is 20.9. The van der Waals surface area contributed by atoms with Gasteiger partial charge in [0, 0.05) is 32.4 Å². The van der Waals surface area contributed by atoms with Crippen molar-refractivity contribution in [1.29, 1.82) is 0 Å². The highest BCUT2D eigenvalue weighted by atomic mass is 19.1. The zero-order chi connectivity index (χ0) is 20.5. The molecule has 6 nitrogen and oxygen atoms in total. The maximum atomic E-state index is 13.7. The number of guanidine groups is 1. The molecule has 1 fully saturated rings. The van der Waals surface area contributed by atoms with Crippen LogP contribution in [0, 0.1) is 5.82 Å². The van der Waals surface area contributed by atoms with Crippen molar-refractivity contribution in [3.05, 3.63) is 59.9 Å². The van der Waals surface area contributed by atoms with Gasteiger partial charge in [-0.1, -0.05) is 30.3 Å². The minimum atomic E-state index is -0.360. The Morgan fingerprint density at radius 1 is 1.14 bits per heavy atom. The van der Waals surface area contributed by atoms with E-state index in [0.717, 1.165) is 26.3 Å². The van der Waals surface area contributed by atoms with E-state index in [1.54, 1.807) is 25.2 Å². The predicted octanol–water partition coefficient (Wildman–Crippen LogP) is 2.79. The van der Waals surface area contributed by atoms with Crippen LogP contribution in [0.1, 0.15) is 12.5 Å². The molecule has 1 aliphatic heterocycles. The van der Waals surface area contributed by atoms with Crippen molar-refractivity contribution >= 4 is 11.6 Å². The monoisotopic (exact) mass is 400 g/mol. The summed E-state index contributed by atoms with van der Waals surface area (Å²) < 4.78 is 24.8. The third kappa shape index (κ3) is 6.09. The number of hydrogen-bond acceptors (Lipinski definition) is 4. The summed E-state index contributed by atoms with van der Waals surface area (Å²) in [5, 5.41) is 6.58.